The van der Waals surface area contributed by atoms with Crippen molar-refractivity contribution in [1.29, 1.82) is 0 Å². The van der Waals surface area contributed by atoms with Gasteiger partial charge in [-0.05, 0) is 38.5 Å². The molecule has 0 rings (SSSR count). The minimum absolute atomic E-state index is 0.0143. The van der Waals surface area contributed by atoms with Gasteiger partial charge in [0.15, 0.2) is 0 Å². The summed E-state index contributed by atoms with van der Waals surface area (Å²) < 4.78 is 23.4. The number of carbonyl (C=O) groups excluding carboxylic acids is 1. The first-order valence-electron chi connectivity index (χ1n) is 27.5. The molecule has 2 N–H and O–H groups in total. The van der Waals surface area contributed by atoms with E-state index in [1.54, 1.807) is 0 Å². The van der Waals surface area contributed by atoms with Crippen molar-refractivity contribution >= 4 is 13.7 Å². The van der Waals surface area contributed by atoms with Crippen LogP contribution in [0.15, 0.2) is 12.2 Å². The van der Waals surface area contributed by atoms with Crippen LogP contribution in [0, 0.1) is 0 Å². The fraction of sp³-hybridized carbons (Fsp3) is 0.944. The van der Waals surface area contributed by atoms with Crippen molar-refractivity contribution < 1.29 is 32.9 Å². The number of likely N-dealkylation sites (N-methyl/N-ethyl adjacent to an activating group) is 1. The van der Waals surface area contributed by atoms with Gasteiger partial charge in [-0.25, -0.2) is 0 Å². The number of phosphoric acid groups is 1. The zero-order valence-corrected chi connectivity index (χ0v) is 43.7. The third-order valence-electron chi connectivity index (χ3n) is 12.8. The van der Waals surface area contributed by atoms with Crippen molar-refractivity contribution in [3.63, 3.8) is 0 Å². The van der Waals surface area contributed by atoms with Gasteiger partial charge in [0.25, 0.3) is 7.82 Å². The Labute approximate surface area is 392 Å². The second-order valence-corrected chi connectivity index (χ2v) is 21.7. The molecule has 3 unspecified atom stereocenters. The SMILES string of the molecule is CCCCCCCCCCCCCC/C=C\CCCCCCCCCCCCC(=O)NC(COP(=O)([O-])OCC[N+](C)(C)C)C(O)CCCCCCCCCCCCCCCCC. The van der Waals surface area contributed by atoms with Gasteiger partial charge in [-0.2, -0.15) is 0 Å². The Morgan fingerprint density at radius 2 is 0.873 bits per heavy atom. The lowest BCUT2D eigenvalue weighted by Crippen LogP contribution is -2.46. The highest BCUT2D eigenvalue weighted by Gasteiger charge is 2.24. The number of aliphatic hydroxyl groups excluding tert-OH is 1. The predicted octanol–water partition coefficient (Wildman–Crippen LogP) is 15.6. The van der Waals surface area contributed by atoms with Crippen LogP contribution in [0.5, 0.6) is 0 Å². The van der Waals surface area contributed by atoms with Crippen LogP contribution in [0.25, 0.3) is 0 Å². The van der Waals surface area contributed by atoms with Gasteiger partial charge in [0.1, 0.15) is 13.2 Å². The predicted molar refractivity (Wildman–Crippen MR) is 270 cm³/mol. The molecule has 9 heteroatoms. The number of nitrogens with zero attached hydrogens (tertiary/aromatic N) is 1. The van der Waals surface area contributed by atoms with Crippen LogP contribution in [0.1, 0.15) is 277 Å². The minimum atomic E-state index is -4.57. The van der Waals surface area contributed by atoms with E-state index >= 15 is 0 Å². The number of aliphatic hydroxyl groups is 1. The number of nitrogens with one attached hydrogen (secondary N) is 1. The largest absolute Gasteiger partial charge is 0.756 e. The zero-order chi connectivity index (χ0) is 46.4. The van der Waals surface area contributed by atoms with Crippen LogP contribution >= 0.6 is 7.82 Å². The summed E-state index contributed by atoms with van der Waals surface area (Å²) in [6.45, 7) is 4.76. The van der Waals surface area contributed by atoms with Gasteiger partial charge in [0, 0.05) is 6.42 Å². The lowest BCUT2D eigenvalue weighted by Gasteiger charge is -2.30. The van der Waals surface area contributed by atoms with Gasteiger partial charge in [0.2, 0.25) is 5.91 Å². The van der Waals surface area contributed by atoms with Crippen LogP contribution in [0.3, 0.4) is 0 Å². The number of phosphoric ester groups is 1. The van der Waals surface area contributed by atoms with Crippen molar-refractivity contribution in [3.8, 4) is 0 Å². The second-order valence-electron chi connectivity index (χ2n) is 20.3. The molecule has 0 fully saturated rings. The molecule has 376 valence electrons. The Morgan fingerprint density at radius 3 is 1.24 bits per heavy atom. The summed E-state index contributed by atoms with van der Waals surface area (Å²) in [4.78, 5) is 25.5. The normalized spacial score (nSPS) is 14.1. The Bertz CT molecular complexity index is 1040. The van der Waals surface area contributed by atoms with Crippen molar-refractivity contribution in [2.45, 2.75) is 289 Å². The van der Waals surface area contributed by atoms with E-state index in [0.29, 0.717) is 23.9 Å². The molecule has 0 aromatic carbocycles. The first-order chi connectivity index (χ1) is 30.5. The molecule has 0 aliphatic heterocycles. The van der Waals surface area contributed by atoms with E-state index < -0.39 is 20.0 Å². The van der Waals surface area contributed by atoms with E-state index in [2.05, 4.69) is 31.3 Å². The quantitative estimate of drug-likeness (QED) is 0.0272. The van der Waals surface area contributed by atoms with Crippen LogP contribution in [0.4, 0.5) is 0 Å². The number of amides is 1. The summed E-state index contributed by atoms with van der Waals surface area (Å²) in [6.07, 6.45) is 55.2. The zero-order valence-electron chi connectivity index (χ0n) is 42.8. The Kier molecular flexibility index (Phi) is 45.8. The minimum Gasteiger partial charge on any atom is -0.756 e. The summed E-state index contributed by atoms with van der Waals surface area (Å²) in [5.41, 5.74) is 0. The Hall–Kier alpha value is -0.760. The smallest absolute Gasteiger partial charge is 0.268 e. The molecule has 0 saturated carbocycles. The fourth-order valence-electron chi connectivity index (χ4n) is 8.39. The average Bonchev–Trinajstić information content (AvgIpc) is 3.24. The van der Waals surface area contributed by atoms with Crippen molar-refractivity contribution in [2.24, 2.45) is 0 Å². The molecule has 0 aliphatic carbocycles. The number of allylic oxidation sites excluding steroid dienone is 2. The Morgan fingerprint density at radius 1 is 0.540 bits per heavy atom. The number of unbranched alkanes of at least 4 members (excludes halogenated alkanes) is 36. The first kappa shape index (κ1) is 62.2. The highest BCUT2D eigenvalue weighted by atomic mass is 31.2. The maximum absolute atomic E-state index is 13.0. The van der Waals surface area contributed by atoms with Crippen molar-refractivity contribution in [1.82, 2.24) is 5.32 Å². The topological polar surface area (TPSA) is 108 Å². The molecule has 0 aromatic rings. The lowest BCUT2D eigenvalue weighted by atomic mass is 10.0. The average molecular weight is 913 g/mol. The van der Waals surface area contributed by atoms with Gasteiger partial charge < -0.3 is 28.8 Å². The molecule has 3 atom stereocenters. The summed E-state index contributed by atoms with van der Waals surface area (Å²) >= 11 is 0. The van der Waals surface area contributed by atoms with E-state index in [0.717, 1.165) is 38.5 Å². The molecule has 0 saturated heterocycles. The summed E-state index contributed by atoms with van der Waals surface area (Å²) in [5, 5.41) is 14.0. The molecule has 0 aromatic heterocycles. The van der Waals surface area contributed by atoms with Crippen LogP contribution < -0.4 is 10.2 Å². The molecule has 0 aliphatic rings. The van der Waals surface area contributed by atoms with Crippen molar-refractivity contribution in [3.05, 3.63) is 12.2 Å². The first-order valence-corrected chi connectivity index (χ1v) is 29.0. The molecule has 1 amide bonds. The molecule has 0 spiro atoms. The molecule has 0 radical (unpaired) electrons. The second kappa shape index (κ2) is 46.4. The summed E-state index contributed by atoms with van der Waals surface area (Å²) in [7, 11) is 1.32. The monoisotopic (exact) mass is 913 g/mol. The standard InChI is InChI=1S/C54H109N2O6P/c1-6-8-10-12-14-16-18-20-22-23-24-25-26-27-28-29-30-31-32-34-36-38-40-42-44-46-48-54(58)55-52(51-62-63(59,60)61-50-49-56(3,4)5)53(57)47-45-43-41-39-37-35-33-21-19-17-15-13-11-9-7-2/h27-28,52-53,57H,6-26,29-51H2,1-5H3,(H-,55,58,59,60)/b28-27-. The van der Waals surface area contributed by atoms with Crippen LogP contribution in [0.2, 0.25) is 0 Å². The maximum atomic E-state index is 13.0. The molecule has 0 heterocycles. The highest BCUT2D eigenvalue weighted by molar-refractivity contribution is 7.45. The molecular weight excluding hydrogens is 804 g/mol. The highest BCUT2D eigenvalue weighted by Crippen LogP contribution is 2.38. The third kappa shape index (κ3) is 49.0. The summed E-state index contributed by atoms with van der Waals surface area (Å²) in [5.74, 6) is -0.162. The number of rotatable bonds is 51. The number of hydrogen-bond donors (Lipinski definition) is 2. The molecule has 63 heavy (non-hydrogen) atoms. The van der Waals surface area contributed by atoms with Gasteiger partial charge in [0.05, 0.1) is 39.9 Å². The van der Waals surface area contributed by atoms with E-state index in [-0.39, 0.29) is 19.1 Å². The number of quaternary nitrogens is 1. The van der Waals surface area contributed by atoms with Crippen LogP contribution in [-0.2, 0) is 18.4 Å². The third-order valence-corrected chi connectivity index (χ3v) is 13.7. The lowest BCUT2D eigenvalue weighted by molar-refractivity contribution is -0.870. The van der Waals surface area contributed by atoms with Gasteiger partial charge >= 0.3 is 0 Å². The van der Waals surface area contributed by atoms with Gasteiger partial charge in [-0.1, -0.05) is 244 Å². The fourth-order valence-corrected chi connectivity index (χ4v) is 9.11. The van der Waals surface area contributed by atoms with Crippen molar-refractivity contribution in [2.75, 3.05) is 40.9 Å². The number of carbonyl (C=O) groups is 1. The Balaban J connectivity index is 4.12. The molecule has 0 bridgehead atoms. The van der Waals surface area contributed by atoms with E-state index in [1.165, 1.54) is 212 Å². The van der Waals surface area contributed by atoms with Gasteiger partial charge in [-0.15, -0.1) is 0 Å². The van der Waals surface area contributed by atoms with E-state index in [9.17, 15) is 19.4 Å². The summed E-state index contributed by atoms with van der Waals surface area (Å²) in [6, 6.07) is -0.798. The van der Waals surface area contributed by atoms with E-state index in [4.69, 9.17) is 9.05 Å². The number of hydrogen-bond acceptors (Lipinski definition) is 6. The van der Waals surface area contributed by atoms with Crippen LogP contribution in [-0.4, -0.2) is 68.5 Å². The molecular formula is C54H109N2O6P. The molecule has 8 nitrogen and oxygen atoms in total. The maximum Gasteiger partial charge on any atom is 0.268 e. The van der Waals surface area contributed by atoms with E-state index in [1.807, 2.05) is 21.1 Å². The van der Waals surface area contributed by atoms with Gasteiger partial charge in [-0.3, -0.25) is 9.36 Å².